The minimum absolute atomic E-state index is 0.103. The molecular weight excluding hydrogens is 322 g/mol. The minimum Gasteiger partial charge on any atom is -0.466 e. The normalized spacial score (nSPS) is 29.0. The van der Waals surface area contributed by atoms with Gasteiger partial charge >= 0.3 is 5.97 Å². The molecule has 0 aromatic heterocycles. The fraction of sp³-hybridized carbons (Fsp3) is 0.467. The number of amides is 1. The van der Waals surface area contributed by atoms with E-state index in [2.05, 4.69) is 21.2 Å². The van der Waals surface area contributed by atoms with Crippen LogP contribution in [0, 0.1) is 11.3 Å². The predicted molar refractivity (Wildman–Crippen MR) is 78.4 cm³/mol. The second-order valence-corrected chi connectivity index (χ2v) is 6.77. The van der Waals surface area contributed by atoms with Crippen molar-refractivity contribution in [1.82, 2.24) is 0 Å². The number of rotatable bonds is 2. The lowest BCUT2D eigenvalue weighted by Gasteiger charge is -2.11. The highest BCUT2D eigenvalue weighted by Crippen LogP contribution is 2.73. The van der Waals surface area contributed by atoms with Gasteiger partial charge in [0.25, 0.3) is 0 Å². The quantitative estimate of drug-likeness (QED) is 0.844. The SMILES string of the molecule is CCOC(=O)[C@H]1C(C)(C)[C@]12C(=O)Nc1ccc(Br)cc12. The first kappa shape index (κ1) is 13.6. The third-order valence-electron chi connectivity index (χ3n) is 4.62. The van der Waals surface area contributed by atoms with Gasteiger partial charge in [-0.3, -0.25) is 9.59 Å². The summed E-state index contributed by atoms with van der Waals surface area (Å²) >= 11 is 3.43. The van der Waals surface area contributed by atoms with Gasteiger partial charge < -0.3 is 10.1 Å². The topological polar surface area (TPSA) is 55.4 Å². The molecule has 1 aliphatic carbocycles. The van der Waals surface area contributed by atoms with Crippen molar-refractivity contribution < 1.29 is 14.3 Å². The fourth-order valence-electron chi connectivity index (χ4n) is 3.68. The first-order valence-electron chi connectivity index (χ1n) is 6.65. The summed E-state index contributed by atoms with van der Waals surface area (Å²) in [6.07, 6.45) is 0. The summed E-state index contributed by atoms with van der Waals surface area (Å²) in [5, 5.41) is 2.89. The molecule has 1 amide bonds. The number of hydrogen-bond acceptors (Lipinski definition) is 3. The number of halogens is 1. The van der Waals surface area contributed by atoms with Crippen molar-refractivity contribution in [1.29, 1.82) is 0 Å². The summed E-state index contributed by atoms with van der Waals surface area (Å²) in [6, 6.07) is 5.67. The largest absolute Gasteiger partial charge is 0.466 e. The molecule has 0 radical (unpaired) electrons. The minimum atomic E-state index is -0.793. The molecule has 5 heteroatoms. The van der Waals surface area contributed by atoms with Crippen LogP contribution in [-0.2, 0) is 19.7 Å². The van der Waals surface area contributed by atoms with E-state index in [0.717, 1.165) is 15.7 Å². The molecule has 20 heavy (non-hydrogen) atoms. The lowest BCUT2D eigenvalue weighted by Crippen LogP contribution is -2.26. The van der Waals surface area contributed by atoms with Gasteiger partial charge in [-0.05, 0) is 36.1 Å². The standard InChI is InChI=1S/C15H16BrNO3/c1-4-20-12(18)11-14(2,3)15(11)9-7-8(16)5-6-10(9)17-13(15)19/h5-7,11H,4H2,1-3H3,(H,17,19)/t11-,15-/m0/s1. The number of carbonyl (C=O) groups is 2. The van der Waals surface area contributed by atoms with Crippen LogP contribution in [0.4, 0.5) is 5.69 Å². The number of hydrogen-bond donors (Lipinski definition) is 1. The van der Waals surface area contributed by atoms with Crippen LogP contribution in [0.1, 0.15) is 26.3 Å². The van der Waals surface area contributed by atoms with Gasteiger partial charge in [-0.25, -0.2) is 0 Å². The Balaban J connectivity index is 2.12. The summed E-state index contributed by atoms with van der Waals surface area (Å²) < 4.78 is 6.05. The molecule has 2 aliphatic rings. The predicted octanol–water partition coefficient (Wildman–Crippen LogP) is 2.86. The summed E-state index contributed by atoms with van der Waals surface area (Å²) in [5.41, 5.74) is 0.450. The molecule has 1 spiro atoms. The Morgan fingerprint density at radius 1 is 1.45 bits per heavy atom. The maximum Gasteiger partial charge on any atom is 0.310 e. The molecule has 1 aliphatic heterocycles. The van der Waals surface area contributed by atoms with E-state index < -0.39 is 16.7 Å². The molecule has 1 fully saturated rings. The second-order valence-electron chi connectivity index (χ2n) is 5.86. The number of fused-ring (bicyclic) bond motifs is 2. The van der Waals surface area contributed by atoms with Crippen LogP contribution >= 0.6 is 15.9 Å². The molecule has 1 aromatic carbocycles. The van der Waals surface area contributed by atoms with E-state index >= 15 is 0 Å². The summed E-state index contributed by atoms with van der Waals surface area (Å²) in [6.45, 7) is 6.00. The number of nitrogens with one attached hydrogen (secondary N) is 1. The second kappa shape index (κ2) is 4.07. The van der Waals surface area contributed by atoms with Gasteiger partial charge in [0, 0.05) is 10.2 Å². The molecule has 1 aromatic rings. The van der Waals surface area contributed by atoms with E-state index in [9.17, 15) is 9.59 Å². The van der Waals surface area contributed by atoms with Gasteiger partial charge in [0.2, 0.25) is 5.91 Å². The molecule has 0 unspecified atom stereocenters. The average molecular weight is 338 g/mol. The Morgan fingerprint density at radius 3 is 2.80 bits per heavy atom. The smallest absolute Gasteiger partial charge is 0.310 e. The van der Waals surface area contributed by atoms with E-state index in [1.807, 2.05) is 32.0 Å². The van der Waals surface area contributed by atoms with Crippen molar-refractivity contribution in [3.05, 3.63) is 28.2 Å². The van der Waals surface area contributed by atoms with Gasteiger partial charge in [-0.1, -0.05) is 29.8 Å². The van der Waals surface area contributed by atoms with Crippen molar-refractivity contribution in [3.8, 4) is 0 Å². The van der Waals surface area contributed by atoms with Crippen molar-refractivity contribution in [2.24, 2.45) is 11.3 Å². The zero-order chi connectivity index (χ0) is 14.7. The maximum absolute atomic E-state index is 12.5. The highest BCUT2D eigenvalue weighted by atomic mass is 79.9. The van der Waals surface area contributed by atoms with E-state index in [0.29, 0.717) is 6.61 Å². The lowest BCUT2D eigenvalue weighted by atomic mass is 9.89. The van der Waals surface area contributed by atoms with Crippen molar-refractivity contribution in [2.45, 2.75) is 26.2 Å². The Kier molecular flexibility index (Phi) is 2.77. The number of esters is 1. The Bertz CT molecular complexity index is 626. The third-order valence-corrected chi connectivity index (χ3v) is 5.12. The molecule has 106 valence electrons. The maximum atomic E-state index is 12.5. The van der Waals surface area contributed by atoms with E-state index in [1.54, 1.807) is 6.92 Å². The molecule has 0 bridgehead atoms. The monoisotopic (exact) mass is 337 g/mol. The van der Waals surface area contributed by atoms with Crippen LogP contribution in [0.3, 0.4) is 0 Å². The Labute approximate surface area is 126 Å². The summed E-state index contributed by atoms with van der Waals surface area (Å²) in [5.74, 6) is -0.820. The Hall–Kier alpha value is -1.36. The molecule has 4 nitrogen and oxygen atoms in total. The average Bonchev–Trinajstić information content (AvgIpc) is 2.76. The van der Waals surface area contributed by atoms with Crippen molar-refractivity contribution in [3.63, 3.8) is 0 Å². The Morgan fingerprint density at radius 2 is 2.15 bits per heavy atom. The molecule has 3 rings (SSSR count). The zero-order valence-electron chi connectivity index (χ0n) is 11.6. The fourth-order valence-corrected chi connectivity index (χ4v) is 4.04. The van der Waals surface area contributed by atoms with E-state index in [4.69, 9.17) is 4.74 Å². The van der Waals surface area contributed by atoms with Gasteiger partial charge in [-0.15, -0.1) is 0 Å². The van der Waals surface area contributed by atoms with Gasteiger partial charge in [0.1, 0.15) is 0 Å². The molecule has 0 saturated heterocycles. The van der Waals surface area contributed by atoms with E-state index in [-0.39, 0.29) is 11.9 Å². The van der Waals surface area contributed by atoms with Crippen LogP contribution in [-0.4, -0.2) is 18.5 Å². The lowest BCUT2D eigenvalue weighted by molar-refractivity contribution is -0.146. The highest BCUT2D eigenvalue weighted by Gasteiger charge is 2.81. The van der Waals surface area contributed by atoms with E-state index in [1.165, 1.54) is 0 Å². The van der Waals surface area contributed by atoms with Crippen LogP contribution in [0.15, 0.2) is 22.7 Å². The van der Waals surface area contributed by atoms with Gasteiger partial charge in [0.05, 0.1) is 17.9 Å². The van der Waals surface area contributed by atoms with Gasteiger partial charge in [0.15, 0.2) is 0 Å². The van der Waals surface area contributed by atoms with Gasteiger partial charge in [-0.2, -0.15) is 0 Å². The first-order valence-corrected chi connectivity index (χ1v) is 7.44. The van der Waals surface area contributed by atoms with Crippen LogP contribution in [0.25, 0.3) is 0 Å². The number of anilines is 1. The number of ether oxygens (including phenoxy) is 1. The zero-order valence-corrected chi connectivity index (χ0v) is 13.2. The third kappa shape index (κ3) is 1.41. The molecule has 1 N–H and O–H groups in total. The molecule has 2 atom stereocenters. The number of benzene rings is 1. The molecule has 1 heterocycles. The van der Waals surface area contributed by atoms with Crippen LogP contribution in [0.2, 0.25) is 0 Å². The first-order chi connectivity index (χ1) is 9.37. The van der Waals surface area contributed by atoms with Crippen LogP contribution in [0.5, 0.6) is 0 Å². The summed E-state index contributed by atoms with van der Waals surface area (Å²) in [7, 11) is 0. The van der Waals surface area contributed by atoms with Crippen molar-refractivity contribution >= 4 is 33.5 Å². The molecular formula is C15H16BrNO3. The molecule has 1 saturated carbocycles. The van der Waals surface area contributed by atoms with Crippen LogP contribution < -0.4 is 5.32 Å². The highest BCUT2D eigenvalue weighted by molar-refractivity contribution is 9.10. The van der Waals surface area contributed by atoms with Crippen molar-refractivity contribution in [2.75, 3.05) is 11.9 Å². The number of carbonyl (C=O) groups excluding carboxylic acids is 2. The summed E-state index contributed by atoms with van der Waals surface area (Å²) in [4.78, 5) is 24.7.